The first kappa shape index (κ1) is 13.5. The number of hydrogen-bond acceptors (Lipinski definition) is 3. The number of rotatable bonds is 3. The van der Waals surface area contributed by atoms with E-state index in [2.05, 4.69) is 14.5 Å². The lowest BCUT2D eigenvalue weighted by molar-refractivity contribution is 0.413. The van der Waals surface area contributed by atoms with Crippen molar-refractivity contribution in [3.63, 3.8) is 0 Å². The third-order valence-corrected chi connectivity index (χ3v) is 4.14. The molecule has 0 amide bonds. The predicted octanol–water partition coefficient (Wildman–Crippen LogP) is 4.23. The second kappa shape index (κ2) is 4.95. The first-order valence-corrected chi connectivity index (χ1v) is 7.41. The van der Waals surface area contributed by atoms with E-state index in [1.54, 1.807) is 25.6 Å². The van der Waals surface area contributed by atoms with E-state index in [0.717, 1.165) is 29.7 Å². The molecule has 0 aliphatic heterocycles. The van der Waals surface area contributed by atoms with Crippen LogP contribution in [0.2, 0.25) is 5.02 Å². The lowest BCUT2D eigenvalue weighted by atomic mass is 10.2. The van der Waals surface area contributed by atoms with Crippen molar-refractivity contribution in [1.29, 1.82) is 0 Å². The summed E-state index contributed by atoms with van der Waals surface area (Å²) < 4.78 is 21.1. The van der Waals surface area contributed by atoms with E-state index in [0.29, 0.717) is 17.3 Å². The first-order valence-electron chi connectivity index (χ1n) is 7.04. The van der Waals surface area contributed by atoms with Crippen LogP contribution in [0.4, 0.5) is 4.39 Å². The van der Waals surface area contributed by atoms with Gasteiger partial charge >= 0.3 is 0 Å². The number of benzene rings is 1. The van der Waals surface area contributed by atoms with Gasteiger partial charge < -0.3 is 9.30 Å². The van der Waals surface area contributed by atoms with Crippen LogP contribution in [-0.2, 0) is 0 Å². The van der Waals surface area contributed by atoms with E-state index in [9.17, 15) is 4.39 Å². The second-order valence-corrected chi connectivity index (χ2v) is 5.81. The standard InChI is InChI=1S/C16H13ClFN3O/c1-22-11-4-9(7-19-8-11)16-20-14-6-13(18)12(17)5-15(14)21(16)10-2-3-10/h4-8,10H,2-3H2,1H3. The van der Waals surface area contributed by atoms with Crippen LogP contribution in [0, 0.1) is 5.82 Å². The number of halogens is 2. The molecule has 1 fully saturated rings. The van der Waals surface area contributed by atoms with Crippen molar-refractivity contribution >= 4 is 22.6 Å². The second-order valence-electron chi connectivity index (χ2n) is 5.41. The number of nitrogens with zero attached hydrogens (tertiary/aromatic N) is 3. The molecule has 0 unspecified atom stereocenters. The Morgan fingerprint density at radius 1 is 1.27 bits per heavy atom. The molecule has 6 heteroatoms. The SMILES string of the molecule is COc1cncc(-c2nc3cc(F)c(Cl)cc3n2C2CC2)c1. The zero-order valence-corrected chi connectivity index (χ0v) is 12.6. The fraction of sp³-hybridized carbons (Fsp3) is 0.250. The molecule has 2 heterocycles. The smallest absolute Gasteiger partial charge is 0.144 e. The Balaban J connectivity index is 1.98. The van der Waals surface area contributed by atoms with Crippen molar-refractivity contribution in [2.75, 3.05) is 7.11 Å². The summed E-state index contributed by atoms with van der Waals surface area (Å²) in [6.45, 7) is 0. The van der Waals surface area contributed by atoms with Gasteiger partial charge in [-0.15, -0.1) is 0 Å². The molecule has 0 N–H and O–H groups in total. The van der Waals surface area contributed by atoms with Gasteiger partial charge in [0.05, 0.1) is 29.4 Å². The number of hydrogen-bond donors (Lipinski definition) is 0. The Kier molecular flexibility index (Phi) is 3.04. The summed E-state index contributed by atoms with van der Waals surface area (Å²) in [5.41, 5.74) is 2.30. The Morgan fingerprint density at radius 2 is 2.09 bits per heavy atom. The Hall–Kier alpha value is -2.14. The van der Waals surface area contributed by atoms with Crippen LogP contribution >= 0.6 is 11.6 Å². The van der Waals surface area contributed by atoms with Crippen LogP contribution in [0.3, 0.4) is 0 Å². The largest absolute Gasteiger partial charge is 0.495 e. The summed E-state index contributed by atoms with van der Waals surface area (Å²) in [6.07, 6.45) is 5.56. The van der Waals surface area contributed by atoms with Gasteiger partial charge in [0.25, 0.3) is 0 Å². The van der Waals surface area contributed by atoms with Gasteiger partial charge in [0.2, 0.25) is 0 Å². The van der Waals surface area contributed by atoms with E-state index in [4.69, 9.17) is 16.3 Å². The quantitative estimate of drug-likeness (QED) is 0.725. The maximum Gasteiger partial charge on any atom is 0.144 e. The lowest BCUT2D eigenvalue weighted by Gasteiger charge is -2.08. The van der Waals surface area contributed by atoms with Crippen LogP contribution < -0.4 is 4.74 Å². The van der Waals surface area contributed by atoms with Gasteiger partial charge in [-0.2, -0.15) is 0 Å². The third kappa shape index (κ3) is 2.13. The number of methoxy groups -OCH3 is 1. The highest BCUT2D eigenvalue weighted by atomic mass is 35.5. The van der Waals surface area contributed by atoms with Crippen molar-refractivity contribution < 1.29 is 9.13 Å². The maximum absolute atomic E-state index is 13.7. The third-order valence-electron chi connectivity index (χ3n) is 3.85. The molecule has 0 bridgehead atoms. The molecule has 2 aromatic heterocycles. The molecule has 112 valence electrons. The highest BCUT2D eigenvalue weighted by Crippen LogP contribution is 2.42. The summed E-state index contributed by atoms with van der Waals surface area (Å²) in [4.78, 5) is 8.77. The van der Waals surface area contributed by atoms with E-state index in [1.165, 1.54) is 6.07 Å². The van der Waals surface area contributed by atoms with Crippen LogP contribution in [-0.4, -0.2) is 21.6 Å². The minimum atomic E-state index is -0.454. The van der Waals surface area contributed by atoms with E-state index in [-0.39, 0.29) is 5.02 Å². The number of pyridine rings is 1. The van der Waals surface area contributed by atoms with Crippen molar-refractivity contribution in [3.8, 4) is 17.1 Å². The number of fused-ring (bicyclic) bond motifs is 1. The van der Waals surface area contributed by atoms with Crippen LogP contribution in [0.5, 0.6) is 5.75 Å². The molecular weight excluding hydrogens is 305 g/mol. The Morgan fingerprint density at radius 3 is 2.82 bits per heavy atom. The molecular formula is C16H13ClFN3O. The molecule has 0 spiro atoms. The summed E-state index contributed by atoms with van der Waals surface area (Å²) in [7, 11) is 1.60. The molecule has 0 atom stereocenters. The number of aromatic nitrogens is 3. The highest BCUT2D eigenvalue weighted by molar-refractivity contribution is 6.31. The van der Waals surface area contributed by atoms with E-state index < -0.39 is 5.82 Å². The molecule has 0 radical (unpaired) electrons. The molecule has 1 aromatic carbocycles. The summed E-state index contributed by atoms with van der Waals surface area (Å²) in [5.74, 6) is 0.978. The average Bonchev–Trinajstić information content (AvgIpc) is 3.30. The molecule has 4 rings (SSSR count). The van der Waals surface area contributed by atoms with Crippen molar-refractivity contribution in [3.05, 3.63) is 41.4 Å². The van der Waals surface area contributed by atoms with E-state index in [1.807, 2.05) is 6.07 Å². The average molecular weight is 318 g/mol. The Bertz CT molecular complexity index is 873. The van der Waals surface area contributed by atoms with Crippen molar-refractivity contribution in [2.24, 2.45) is 0 Å². The van der Waals surface area contributed by atoms with Crippen LogP contribution in [0.1, 0.15) is 18.9 Å². The summed E-state index contributed by atoms with van der Waals surface area (Å²) >= 11 is 5.94. The molecule has 3 aromatic rings. The molecule has 1 saturated carbocycles. The molecule has 0 saturated heterocycles. The van der Waals surface area contributed by atoms with Gasteiger partial charge in [0.15, 0.2) is 0 Å². The van der Waals surface area contributed by atoms with Crippen molar-refractivity contribution in [2.45, 2.75) is 18.9 Å². The topological polar surface area (TPSA) is 39.9 Å². The zero-order valence-electron chi connectivity index (χ0n) is 11.9. The molecule has 22 heavy (non-hydrogen) atoms. The number of ether oxygens (including phenoxy) is 1. The molecule has 1 aliphatic carbocycles. The maximum atomic E-state index is 13.7. The fourth-order valence-electron chi connectivity index (χ4n) is 2.65. The minimum Gasteiger partial charge on any atom is -0.495 e. The van der Waals surface area contributed by atoms with Gasteiger partial charge in [-0.3, -0.25) is 4.98 Å². The van der Waals surface area contributed by atoms with Crippen LogP contribution in [0.15, 0.2) is 30.6 Å². The summed E-state index contributed by atoms with van der Waals surface area (Å²) in [5, 5.41) is 0.115. The minimum absolute atomic E-state index is 0.115. The zero-order chi connectivity index (χ0) is 15.3. The van der Waals surface area contributed by atoms with Gasteiger partial charge in [-0.05, 0) is 25.0 Å². The molecule has 1 aliphatic rings. The van der Waals surface area contributed by atoms with Gasteiger partial charge in [-0.1, -0.05) is 11.6 Å². The normalized spacial score (nSPS) is 14.5. The molecule has 4 nitrogen and oxygen atoms in total. The van der Waals surface area contributed by atoms with Gasteiger partial charge in [0, 0.05) is 23.9 Å². The fourth-order valence-corrected chi connectivity index (χ4v) is 2.81. The van der Waals surface area contributed by atoms with Gasteiger partial charge in [0.1, 0.15) is 17.4 Å². The predicted molar refractivity (Wildman–Crippen MR) is 82.8 cm³/mol. The summed E-state index contributed by atoms with van der Waals surface area (Å²) in [6, 6.07) is 5.29. The van der Waals surface area contributed by atoms with E-state index >= 15 is 0 Å². The number of imidazole rings is 1. The first-order chi connectivity index (χ1) is 10.7. The van der Waals surface area contributed by atoms with Crippen molar-refractivity contribution in [1.82, 2.24) is 14.5 Å². The van der Waals surface area contributed by atoms with Crippen LogP contribution in [0.25, 0.3) is 22.4 Å². The Labute approximate surface area is 131 Å². The van der Waals surface area contributed by atoms with Gasteiger partial charge in [-0.25, -0.2) is 9.37 Å². The lowest BCUT2D eigenvalue weighted by Crippen LogP contribution is -1.98. The highest BCUT2D eigenvalue weighted by Gasteiger charge is 2.29. The monoisotopic (exact) mass is 317 g/mol.